The molecule has 0 radical (unpaired) electrons. The third-order valence-electron chi connectivity index (χ3n) is 8.56. The third-order valence-corrected chi connectivity index (χ3v) is 8.56. The van der Waals surface area contributed by atoms with E-state index in [4.69, 9.17) is 9.72 Å². The molecule has 6 rings (SSSR count). The van der Waals surface area contributed by atoms with Gasteiger partial charge in [-0.25, -0.2) is 24.1 Å². The number of pyridine rings is 2. The van der Waals surface area contributed by atoms with Crippen LogP contribution in [0.5, 0.6) is 0 Å². The van der Waals surface area contributed by atoms with E-state index in [1.807, 2.05) is 45.0 Å². The highest BCUT2D eigenvalue weighted by molar-refractivity contribution is 5.98. The molecular formula is C36H41N7O4. The van der Waals surface area contributed by atoms with Crippen LogP contribution in [0.3, 0.4) is 0 Å². The number of hydrogen-bond donors (Lipinski definition) is 4. The Labute approximate surface area is 273 Å². The Morgan fingerprint density at radius 2 is 1.68 bits per heavy atom. The molecule has 244 valence electrons. The van der Waals surface area contributed by atoms with Crippen LogP contribution in [0.25, 0.3) is 38.9 Å². The van der Waals surface area contributed by atoms with Crippen LogP contribution in [0.1, 0.15) is 58.4 Å². The predicted octanol–water partition coefficient (Wildman–Crippen LogP) is 5.29. The third kappa shape index (κ3) is 7.20. The molecule has 47 heavy (non-hydrogen) atoms. The second kappa shape index (κ2) is 13.4. The lowest BCUT2D eigenvalue weighted by Crippen LogP contribution is -2.51. The van der Waals surface area contributed by atoms with Crippen molar-refractivity contribution in [3.8, 4) is 22.4 Å². The Morgan fingerprint density at radius 1 is 0.957 bits per heavy atom. The number of alkyl carbamates (subject to hydrolysis) is 1. The first-order valence-corrected chi connectivity index (χ1v) is 16.2. The number of nitrogens with one attached hydrogen (secondary N) is 4. The number of fused-ring (bicyclic) bond motifs is 3. The number of hydrogen-bond acceptors (Lipinski definition) is 7. The van der Waals surface area contributed by atoms with E-state index in [0.717, 1.165) is 71.0 Å². The molecule has 2 aromatic carbocycles. The minimum absolute atomic E-state index is 0.0471. The molecule has 11 nitrogen and oxygen atoms in total. The summed E-state index contributed by atoms with van der Waals surface area (Å²) in [5, 5.41) is 16.8. The number of aromatic amines is 1. The van der Waals surface area contributed by atoms with Gasteiger partial charge in [0.15, 0.2) is 5.65 Å². The zero-order valence-electron chi connectivity index (χ0n) is 27.1. The van der Waals surface area contributed by atoms with Gasteiger partial charge in [-0.1, -0.05) is 54.6 Å². The van der Waals surface area contributed by atoms with E-state index in [0.29, 0.717) is 18.7 Å². The largest absolute Gasteiger partial charge is 0.444 e. The summed E-state index contributed by atoms with van der Waals surface area (Å²) < 4.78 is 6.73. The molecule has 0 aliphatic heterocycles. The molecular weight excluding hydrogens is 594 g/mol. The van der Waals surface area contributed by atoms with E-state index >= 15 is 0 Å². The van der Waals surface area contributed by atoms with Crippen LogP contribution in [-0.4, -0.2) is 56.8 Å². The van der Waals surface area contributed by atoms with Crippen molar-refractivity contribution in [3.63, 3.8) is 0 Å². The summed E-state index contributed by atoms with van der Waals surface area (Å²) in [6, 6.07) is 22.4. The molecule has 5 aromatic rings. The molecule has 2 amide bonds. The average Bonchev–Trinajstić information content (AvgIpc) is 3.42. The summed E-state index contributed by atoms with van der Waals surface area (Å²) in [4.78, 5) is 41.7. The Kier molecular flexibility index (Phi) is 9.08. The fraction of sp³-hybridized carbons (Fsp3) is 0.361. The van der Waals surface area contributed by atoms with Gasteiger partial charge in [0.2, 0.25) is 5.91 Å². The fourth-order valence-corrected chi connectivity index (χ4v) is 6.01. The second-order valence-corrected chi connectivity index (χ2v) is 13.1. The van der Waals surface area contributed by atoms with Crippen LogP contribution in [0.2, 0.25) is 0 Å². The maximum atomic E-state index is 12.7. The predicted molar refractivity (Wildman–Crippen MR) is 182 cm³/mol. The summed E-state index contributed by atoms with van der Waals surface area (Å²) in [6.07, 6.45) is 5.77. The van der Waals surface area contributed by atoms with Gasteiger partial charge in [-0.3, -0.25) is 10.1 Å². The van der Waals surface area contributed by atoms with Crippen molar-refractivity contribution in [3.05, 3.63) is 89.0 Å². The number of aromatic nitrogens is 4. The maximum absolute atomic E-state index is 12.7. The van der Waals surface area contributed by atoms with Crippen LogP contribution in [0.4, 0.5) is 4.79 Å². The van der Waals surface area contributed by atoms with Gasteiger partial charge in [-0.15, -0.1) is 0 Å². The number of unbranched alkanes of at least 4 members (excludes halogenated alkanes) is 1. The van der Waals surface area contributed by atoms with E-state index in [1.165, 1.54) is 4.40 Å². The first-order valence-electron chi connectivity index (χ1n) is 16.2. The van der Waals surface area contributed by atoms with Crippen molar-refractivity contribution >= 4 is 28.6 Å². The van der Waals surface area contributed by atoms with E-state index in [-0.39, 0.29) is 23.7 Å². The van der Waals surface area contributed by atoms with Crippen molar-refractivity contribution < 1.29 is 14.3 Å². The quantitative estimate of drug-likeness (QED) is 0.144. The zero-order chi connectivity index (χ0) is 33.0. The van der Waals surface area contributed by atoms with Crippen LogP contribution >= 0.6 is 0 Å². The summed E-state index contributed by atoms with van der Waals surface area (Å²) in [5.41, 5.74) is 5.16. The standard InChI is InChI=1S/C36H41N7O4/c1-35(2,3)47-34(46)38-20-8-7-19-37-30(44)23-39-36(17-9-18-36)26-14-12-25(13-15-26)31-27(24-10-5-4-6-11-24)22-28-29(40-31)16-21-43-32(28)41-42-33(43)45/h4-6,10-16,21-22,39H,7-9,17-20,23H2,1-3H3,(H,37,44)(H,38,46)(H,42,45). The molecule has 11 heteroatoms. The molecule has 0 unspecified atom stereocenters. The fourth-order valence-electron chi connectivity index (χ4n) is 6.01. The SMILES string of the molecule is CC(C)(C)OC(=O)NCCCCNC(=O)CNC1(c2ccc(-c3nc4ccn5c(=O)[nH]nc5c4cc3-c3ccccc3)cc2)CCC1. The number of carbonyl (C=O) groups is 2. The van der Waals surface area contributed by atoms with E-state index in [2.05, 4.69) is 68.6 Å². The molecule has 3 aromatic heterocycles. The Morgan fingerprint density at radius 3 is 2.36 bits per heavy atom. The number of H-pyrrole nitrogens is 1. The second-order valence-electron chi connectivity index (χ2n) is 13.1. The maximum Gasteiger partial charge on any atom is 0.407 e. The Hall–Kier alpha value is -5.03. The highest BCUT2D eigenvalue weighted by Gasteiger charge is 2.38. The Balaban J connectivity index is 1.12. The minimum atomic E-state index is -0.523. The molecule has 3 heterocycles. The van der Waals surface area contributed by atoms with Crippen molar-refractivity contribution in [1.82, 2.24) is 35.5 Å². The summed E-state index contributed by atoms with van der Waals surface area (Å²) in [6.45, 7) is 6.76. The lowest BCUT2D eigenvalue weighted by atomic mass is 9.71. The molecule has 1 aliphatic rings. The van der Waals surface area contributed by atoms with Crippen molar-refractivity contribution in [2.75, 3.05) is 19.6 Å². The van der Waals surface area contributed by atoms with Gasteiger partial charge in [0, 0.05) is 41.3 Å². The van der Waals surface area contributed by atoms with Gasteiger partial charge in [0.25, 0.3) is 0 Å². The highest BCUT2D eigenvalue weighted by Crippen LogP contribution is 2.42. The van der Waals surface area contributed by atoms with Crippen molar-refractivity contribution in [2.24, 2.45) is 0 Å². The number of ether oxygens (including phenoxy) is 1. The number of amides is 2. The first-order chi connectivity index (χ1) is 22.6. The lowest BCUT2D eigenvalue weighted by Gasteiger charge is -2.43. The zero-order valence-corrected chi connectivity index (χ0v) is 27.1. The van der Waals surface area contributed by atoms with Gasteiger partial charge < -0.3 is 15.4 Å². The number of carbonyl (C=O) groups excluding carboxylic acids is 2. The summed E-state index contributed by atoms with van der Waals surface area (Å²) in [7, 11) is 0. The number of rotatable bonds is 11. The van der Waals surface area contributed by atoms with Crippen LogP contribution in [-0.2, 0) is 15.1 Å². The van der Waals surface area contributed by atoms with Crippen LogP contribution in [0.15, 0.2) is 77.7 Å². The molecule has 0 spiro atoms. The van der Waals surface area contributed by atoms with Crippen LogP contribution < -0.4 is 21.6 Å². The van der Waals surface area contributed by atoms with Crippen LogP contribution in [0, 0.1) is 0 Å². The molecule has 0 bridgehead atoms. The number of nitrogens with zero attached hydrogens (tertiary/aromatic N) is 3. The molecule has 1 aliphatic carbocycles. The molecule has 0 saturated heterocycles. The lowest BCUT2D eigenvalue weighted by molar-refractivity contribution is -0.120. The monoisotopic (exact) mass is 635 g/mol. The topological polar surface area (TPSA) is 143 Å². The minimum Gasteiger partial charge on any atom is -0.444 e. The average molecular weight is 636 g/mol. The van der Waals surface area contributed by atoms with Gasteiger partial charge in [-0.2, -0.15) is 5.10 Å². The molecule has 0 atom stereocenters. The normalized spacial score (nSPS) is 14.1. The molecule has 1 saturated carbocycles. The van der Waals surface area contributed by atoms with E-state index in [9.17, 15) is 14.4 Å². The van der Waals surface area contributed by atoms with Gasteiger partial charge in [-0.05, 0) is 76.1 Å². The van der Waals surface area contributed by atoms with Crippen molar-refractivity contribution in [1.29, 1.82) is 0 Å². The molecule has 1 fully saturated rings. The van der Waals surface area contributed by atoms with Gasteiger partial charge in [0.05, 0.1) is 17.8 Å². The van der Waals surface area contributed by atoms with Gasteiger partial charge >= 0.3 is 11.8 Å². The highest BCUT2D eigenvalue weighted by atomic mass is 16.6. The summed E-state index contributed by atoms with van der Waals surface area (Å²) >= 11 is 0. The van der Waals surface area contributed by atoms with Gasteiger partial charge in [0.1, 0.15) is 5.60 Å². The number of benzene rings is 2. The van der Waals surface area contributed by atoms with E-state index < -0.39 is 11.7 Å². The smallest absolute Gasteiger partial charge is 0.407 e. The van der Waals surface area contributed by atoms with E-state index in [1.54, 1.807) is 6.20 Å². The van der Waals surface area contributed by atoms with Crippen molar-refractivity contribution in [2.45, 2.75) is 64.0 Å². The first kappa shape index (κ1) is 31.9. The summed E-state index contributed by atoms with van der Waals surface area (Å²) in [5.74, 6) is -0.0471. The Bertz CT molecular complexity index is 1940. The molecule has 4 N–H and O–H groups in total.